The minimum Gasteiger partial charge on any atom is -0.356 e. The monoisotopic (exact) mass is 729 g/mol. The lowest BCUT2D eigenvalue weighted by Gasteiger charge is -2.33. The van der Waals surface area contributed by atoms with Crippen LogP contribution in [0, 0.1) is 0 Å². The van der Waals surface area contributed by atoms with Crippen molar-refractivity contribution in [3.8, 4) is 0 Å². The quantitative estimate of drug-likeness (QED) is 0.0576. The molecule has 1 atom stereocenters. The van der Waals surface area contributed by atoms with Crippen LogP contribution in [0.3, 0.4) is 0 Å². The van der Waals surface area contributed by atoms with Gasteiger partial charge >= 0.3 is 0 Å². The molecule has 0 amide bonds. The van der Waals surface area contributed by atoms with Crippen LogP contribution < -0.4 is 0 Å². The third-order valence-electron chi connectivity index (χ3n) is 12.3. The SMILES string of the molecule is CCCCCCCCCCCCCCCCCCCC1N(CCCCCCCCC)C=CN1CCCCCCCCCCCCCCCCCCC. The highest BCUT2D eigenvalue weighted by atomic mass is 15.4. The molecule has 0 aromatic heterocycles. The minimum absolute atomic E-state index is 0.637. The van der Waals surface area contributed by atoms with Crippen molar-refractivity contribution in [3.05, 3.63) is 12.4 Å². The second kappa shape index (κ2) is 41.5. The lowest BCUT2D eigenvalue weighted by molar-refractivity contribution is 0.135. The summed E-state index contributed by atoms with van der Waals surface area (Å²) in [4.78, 5) is 5.46. The van der Waals surface area contributed by atoms with Gasteiger partial charge in [-0.2, -0.15) is 0 Å². The van der Waals surface area contributed by atoms with Gasteiger partial charge in [-0.1, -0.05) is 265 Å². The topological polar surface area (TPSA) is 6.48 Å². The highest BCUT2D eigenvalue weighted by Gasteiger charge is 2.24. The van der Waals surface area contributed by atoms with Gasteiger partial charge < -0.3 is 9.80 Å². The maximum atomic E-state index is 2.74. The number of hydrogen-bond acceptors (Lipinski definition) is 2. The van der Waals surface area contributed by atoms with Crippen molar-refractivity contribution >= 4 is 0 Å². The van der Waals surface area contributed by atoms with Gasteiger partial charge in [0.15, 0.2) is 0 Å². The number of hydrogen-bond donors (Lipinski definition) is 0. The molecule has 0 fully saturated rings. The highest BCUT2D eigenvalue weighted by molar-refractivity contribution is 4.97. The summed E-state index contributed by atoms with van der Waals surface area (Å²) < 4.78 is 0. The zero-order chi connectivity index (χ0) is 37.3. The molecule has 2 heteroatoms. The van der Waals surface area contributed by atoms with Crippen LogP contribution in [0.1, 0.15) is 290 Å². The first-order chi connectivity index (χ1) is 25.8. The minimum atomic E-state index is 0.637. The Hall–Kier alpha value is -0.660. The number of unbranched alkanes of at least 4 members (excludes halogenated alkanes) is 38. The van der Waals surface area contributed by atoms with Crippen molar-refractivity contribution in [2.24, 2.45) is 0 Å². The van der Waals surface area contributed by atoms with E-state index in [9.17, 15) is 0 Å². The molecule has 0 saturated carbocycles. The Balaban J connectivity index is 2.12. The van der Waals surface area contributed by atoms with Crippen LogP contribution >= 0.6 is 0 Å². The molecule has 0 aliphatic carbocycles. The molecule has 0 bridgehead atoms. The second-order valence-corrected chi connectivity index (χ2v) is 17.5. The molecule has 0 radical (unpaired) electrons. The first kappa shape index (κ1) is 49.4. The van der Waals surface area contributed by atoms with Gasteiger partial charge in [-0.15, -0.1) is 0 Å². The summed E-state index contributed by atoms with van der Waals surface area (Å²) in [6.45, 7) is 9.49. The fraction of sp³-hybridized carbons (Fsp3) is 0.960. The summed E-state index contributed by atoms with van der Waals surface area (Å²) in [5, 5.41) is 0. The van der Waals surface area contributed by atoms with E-state index in [0.29, 0.717) is 6.17 Å². The fourth-order valence-corrected chi connectivity index (χ4v) is 8.66. The Labute approximate surface area is 330 Å². The Morgan fingerprint density at radius 3 is 0.673 bits per heavy atom. The van der Waals surface area contributed by atoms with E-state index < -0.39 is 0 Å². The van der Waals surface area contributed by atoms with E-state index in [0.717, 1.165) is 0 Å². The van der Waals surface area contributed by atoms with E-state index in [1.54, 1.807) is 0 Å². The lowest BCUT2D eigenvalue weighted by Crippen LogP contribution is -2.39. The number of nitrogens with zero attached hydrogens (tertiary/aromatic N) is 2. The summed E-state index contributed by atoms with van der Waals surface area (Å²) in [5.74, 6) is 0. The summed E-state index contributed by atoms with van der Waals surface area (Å²) in [7, 11) is 0. The molecule has 52 heavy (non-hydrogen) atoms. The Bertz CT molecular complexity index is 688. The van der Waals surface area contributed by atoms with E-state index in [2.05, 4.69) is 43.0 Å². The second-order valence-electron chi connectivity index (χ2n) is 17.5. The normalized spacial score (nSPS) is 14.4. The fourth-order valence-electron chi connectivity index (χ4n) is 8.66. The Morgan fingerprint density at radius 2 is 0.442 bits per heavy atom. The molecule has 0 saturated heterocycles. The maximum Gasteiger partial charge on any atom is 0.101 e. The van der Waals surface area contributed by atoms with Crippen molar-refractivity contribution < 1.29 is 0 Å². The lowest BCUT2D eigenvalue weighted by atomic mass is 10.0. The van der Waals surface area contributed by atoms with Crippen LogP contribution in [0.15, 0.2) is 12.4 Å². The molecule has 2 nitrogen and oxygen atoms in total. The zero-order valence-corrected chi connectivity index (χ0v) is 36.7. The molecule has 1 heterocycles. The summed E-state index contributed by atoms with van der Waals surface area (Å²) in [6.07, 6.45) is 66.4. The first-order valence-electron chi connectivity index (χ1n) is 25.0. The third-order valence-corrected chi connectivity index (χ3v) is 12.3. The average molecular weight is 729 g/mol. The van der Waals surface area contributed by atoms with Gasteiger partial charge in [0.1, 0.15) is 6.17 Å². The van der Waals surface area contributed by atoms with Gasteiger partial charge in [-0.3, -0.25) is 0 Å². The van der Waals surface area contributed by atoms with Crippen molar-refractivity contribution in [3.63, 3.8) is 0 Å². The van der Waals surface area contributed by atoms with Crippen LogP contribution in [0.5, 0.6) is 0 Å². The first-order valence-corrected chi connectivity index (χ1v) is 25.0. The van der Waals surface area contributed by atoms with Gasteiger partial charge in [0, 0.05) is 25.5 Å². The van der Waals surface area contributed by atoms with E-state index >= 15 is 0 Å². The molecule has 1 unspecified atom stereocenters. The standard InChI is InChI=1S/C50H100N2/c1-4-7-10-13-16-18-20-22-24-26-28-30-32-34-36-39-42-45-50-51(46-43-40-37-15-12-9-6-3)48-49-52(50)47-44-41-38-35-33-31-29-27-25-23-21-19-17-14-11-8-5-2/h48-50H,4-47H2,1-3H3. The molecular formula is C50H100N2. The van der Waals surface area contributed by atoms with Crippen LogP contribution in [0.4, 0.5) is 0 Å². The predicted octanol–water partition coefficient (Wildman–Crippen LogP) is 17.8. The van der Waals surface area contributed by atoms with Crippen LogP contribution in [0.2, 0.25) is 0 Å². The van der Waals surface area contributed by atoms with Crippen molar-refractivity contribution in [2.75, 3.05) is 13.1 Å². The van der Waals surface area contributed by atoms with E-state index in [-0.39, 0.29) is 0 Å². The molecule has 1 rings (SSSR count). The van der Waals surface area contributed by atoms with Crippen LogP contribution in [-0.4, -0.2) is 29.1 Å². The summed E-state index contributed by atoms with van der Waals surface area (Å²) in [6, 6.07) is 0. The third kappa shape index (κ3) is 32.7. The Kier molecular flexibility index (Phi) is 39.4. The van der Waals surface area contributed by atoms with E-state index in [1.165, 1.54) is 283 Å². The molecule has 1 aliphatic heterocycles. The summed E-state index contributed by atoms with van der Waals surface area (Å²) >= 11 is 0. The van der Waals surface area contributed by atoms with E-state index in [1.807, 2.05) is 0 Å². The van der Waals surface area contributed by atoms with Gasteiger partial charge in [0.2, 0.25) is 0 Å². The molecule has 0 aromatic rings. The van der Waals surface area contributed by atoms with Crippen LogP contribution in [-0.2, 0) is 0 Å². The van der Waals surface area contributed by atoms with Crippen molar-refractivity contribution in [1.82, 2.24) is 9.80 Å². The van der Waals surface area contributed by atoms with Crippen LogP contribution in [0.25, 0.3) is 0 Å². The smallest absolute Gasteiger partial charge is 0.101 e. The molecule has 1 aliphatic rings. The predicted molar refractivity (Wildman–Crippen MR) is 237 cm³/mol. The van der Waals surface area contributed by atoms with Gasteiger partial charge in [-0.25, -0.2) is 0 Å². The van der Waals surface area contributed by atoms with Gasteiger partial charge in [0.05, 0.1) is 0 Å². The van der Waals surface area contributed by atoms with Crippen molar-refractivity contribution in [2.45, 2.75) is 297 Å². The maximum absolute atomic E-state index is 2.74. The average Bonchev–Trinajstić information content (AvgIpc) is 3.54. The van der Waals surface area contributed by atoms with E-state index in [4.69, 9.17) is 0 Å². The Morgan fingerprint density at radius 1 is 0.250 bits per heavy atom. The molecule has 310 valence electrons. The molecule has 0 N–H and O–H groups in total. The molecule has 0 spiro atoms. The van der Waals surface area contributed by atoms with Gasteiger partial charge in [-0.05, 0) is 25.7 Å². The molecule has 0 aromatic carbocycles. The number of rotatable bonds is 44. The largest absolute Gasteiger partial charge is 0.356 e. The van der Waals surface area contributed by atoms with Gasteiger partial charge in [0.25, 0.3) is 0 Å². The van der Waals surface area contributed by atoms with Crippen molar-refractivity contribution in [1.29, 1.82) is 0 Å². The zero-order valence-electron chi connectivity index (χ0n) is 36.7. The highest BCUT2D eigenvalue weighted by Crippen LogP contribution is 2.24. The summed E-state index contributed by atoms with van der Waals surface area (Å²) in [5.41, 5.74) is 0. The molecular weight excluding hydrogens is 629 g/mol.